The van der Waals surface area contributed by atoms with Gasteiger partial charge in [-0.05, 0) is 60.9 Å². The van der Waals surface area contributed by atoms with Gasteiger partial charge in [-0.2, -0.15) is 4.37 Å². The lowest BCUT2D eigenvalue weighted by molar-refractivity contribution is -0.116. The van der Waals surface area contributed by atoms with Crippen LogP contribution >= 0.6 is 11.5 Å². The van der Waals surface area contributed by atoms with Crippen molar-refractivity contribution in [1.29, 1.82) is 0 Å². The minimum Gasteiger partial charge on any atom is -0.326 e. The molecule has 0 aliphatic heterocycles. The van der Waals surface area contributed by atoms with Gasteiger partial charge in [-0.1, -0.05) is 12.1 Å². The first kappa shape index (κ1) is 17.5. The first-order valence-corrected chi connectivity index (χ1v) is 9.90. The standard InChI is InChI=1S/C17H17N3O3S2/c1-18-25(22,23)15-6-2-12(3-7-15)4-9-17(21)20-14-5-8-16-13(10-14)11-19-24-16/h2-3,5-8,10-11,18H,4,9H2,1H3,(H,20,21). The molecule has 8 heteroatoms. The van der Waals surface area contributed by atoms with E-state index < -0.39 is 10.0 Å². The molecule has 3 aromatic rings. The van der Waals surface area contributed by atoms with Gasteiger partial charge in [-0.15, -0.1) is 0 Å². The Morgan fingerprint density at radius 2 is 1.92 bits per heavy atom. The molecule has 0 radical (unpaired) electrons. The third-order valence-electron chi connectivity index (χ3n) is 3.78. The van der Waals surface area contributed by atoms with Gasteiger partial charge in [-0.3, -0.25) is 4.79 Å². The minimum atomic E-state index is -3.43. The Hall–Kier alpha value is -2.29. The van der Waals surface area contributed by atoms with E-state index in [1.807, 2.05) is 18.2 Å². The number of anilines is 1. The van der Waals surface area contributed by atoms with E-state index in [-0.39, 0.29) is 10.8 Å². The van der Waals surface area contributed by atoms with Crippen molar-refractivity contribution in [2.75, 3.05) is 12.4 Å². The number of carbonyl (C=O) groups excluding carboxylic acids is 1. The number of nitrogens with zero attached hydrogens (tertiary/aromatic N) is 1. The van der Waals surface area contributed by atoms with Crippen LogP contribution in [0.5, 0.6) is 0 Å². The maximum absolute atomic E-state index is 12.1. The van der Waals surface area contributed by atoms with Gasteiger partial charge in [-0.25, -0.2) is 13.1 Å². The van der Waals surface area contributed by atoms with Crippen LogP contribution in [0, 0.1) is 0 Å². The lowest BCUT2D eigenvalue weighted by atomic mass is 10.1. The highest BCUT2D eigenvalue weighted by Crippen LogP contribution is 2.22. The van der Waals surface area contributed by atoms with Gasteiger partial charge in [0, 0.05) is 23.7 Å². The quantitative estimate of drug-likeness (QED) is 0.693. The Morgan fingerprint density at radius 3 is 2.64 bits per heavy atom. The van der Waals surface area contributed by atoms with Crippen LogP contribution in [0.4, 0.5) is 5.69 Å². The Bertz CT molecular complexity index is 995. The van der Waals surface area contributed by atoms with E-state index in [1.165, 1.54) is 30.7 Å². The molecule has 0 aliphatic rings. The van der Waals surface area contributed by atoms with E-state index in [0.29, 0.717) is 12.8 Å². The van der Waals surface area contributed by atoms with Gasteiger partial charge in [0.1, 0.15) is 0 Å². The predicted molar refractivity (Wildman–Crippen MR) is 99.3 cm³/mol. The fraction of sp³-hybridized carbons (Fsp3) is 0.176. The van der Waals surface area contributed by atoms with Crippen molar-refractivity contribution in [3.05, 3.63) is 54.2 Å². The molecule has 0 atom stereocenters. The summed E-state index contributed by atoms with van der Waals surface area (Å²) < 4.78 is 30.8. The van der Waals surface area contributed by atoms with Crippen LogP contribution in [0.1, 0.15) is 12.0 Å². The second-order valence-electron chi connectivity index (χ2n) is 5.48. The zero-order chi connectivity index (χ0) is 17.9. The molecule has 1 aromatic heterocycles. The van der Waals surface area contributed by atoms with E-state index in [0.717, 1.165) is 21.3 Å². The van der Waals surface area contributed by atoms with Crippen molar-refractivity contribution >= 4 is 43.2 Å². The lowest BCUT2D eigenvalue weighted by Gasteiger charge is -2.07. The molecule has 25 heavy (non-hydrogen) atoms. The van der Waals surface area contributed by atoms with Crippen molar-refractivity contribution in [3.63, 3.8) is 0 Å². The first-order valence-electron chi connectivity index (χ1n) is 7.65. The van der Waals surface area contributed by atoms with E-state index in [4.69, 9.17) is 0 Å². The highest BCUT2D eigenvalue weighted by atomic mass is 32.2. The molecule has 2 aromatic carbocycles. The number of nitrogens with one attached hydrogen (secondary N) is 2. The van der Waals surface area contributed by atoms with Gasteiger partial charge >= 0.3 is 0 Å². The molecule has 0 fully saturated rings. The second-order valence-corrected chi connectivity index (χ2v) is 8.20. The molecule has 0 saturated carbocycles. The van der Waals surface area contributed by atoms with Crippen molar-refractivity contribution in [2.24, 2.45) is 0 Å². The van der Waals surface area contributed by atoms with Gasteiger partial charge in [0.25, 0.3) is 0 Å². The fourth-order valence-electron chi connectivity index (χ4n) is 2.38. The summed E-state index contributed by atoms with van der Waals surface area (Å²) in [5.41, 5.74) is 1.65. The van der Waals surface area contributed by atoms with Gasteiger partial charge < -0.3 is 5.32 Å². The Labute approximate surface area is 150 Å². The molecule has 2 N–H and O–H groups in total. The summed E-state index contributed by atoms with van der Waals surface area (Å²) >= 11 is 1.42. The van der Waals surface area contributed by atoms with Crippen LogP contribution in [0.2, 0.25) is 0 Å². The monoisotopic (exact) mass is 375 g/mol. The van der Waals surface area contributed by atoms with Crippen LogP contribution < -0.4 is 10.0 Å². The van der Waals surface area contributed by atoms with Crippen molar-refractivity contribution < 1.29 is 13.2 Å². The summed E-state index contributed by atoms with van der Waals surface area (Å²) in [5.74, 6) is -0.0885. The molecule has 0 saturated heterocycles. The molecule has 3 rings (SSSR count). The third kappa shape index (κ3) is 4.22. The van der Waals surface area contributed by atoms with Gasteiger partial charge in [0.05, 0.1) is 9.60 Å². The number of amides is 1. The maximum Gasteiger partial charge on any atom is 0.240 e. The van der Waals surface area contributed by atoms with E-state index in [1.54, 1.807) is 18.3 Å². The molecule has 6 nitrogen and oxygen atoms in total. The summed E-state index contributed by atoms with van der Waals surface area (Å²) in [5, 5.41) is 3.87. The molecule has 130 valence electrons. The molecule has 0 unspecified atom stereocenters. The highest BCUT2D eigenvalue weighted by molar-refractivity contribution is 7.89. The van der Waals surface area contributed by atoms with Crippen LogP contribution in [-0.4, -0.2) is 25.7 Å². The number of carbonyl (C=O) groups is 1. The molecule has 0 aliphatic carbocycles. The van der Waals surface area contributed by atoms with Crippen molar-refractivity contribution in [1.82, 2.24) is 9.10 Å². The average Bonchev–Trinajstić information content (AvgIpc) is 3.08. The van der Waals surface area contributed by atoms with E-state index in [2.05, 4.69) is 14.4 Å². The zero-order valence-electron chi connectivity index (χ0n) is 13.5. The minimum absolute atomic E-state index is 0.0885. The van der Waals surface area contributed by atoms with Crippen LogP contribution in [0.3, 0.4) is 0 Å². The van der Waals surface area contributed by atoms with Crippen molar-refractivity contribution in [3.8, 4) is 0 Å². The Kier molecular flexibility index (Phi) is 5.12. The summed E-state index contributed by atoms with van der Waals surface area (Å²) in [6.07, 6.45) is 2.63. The molecular weight excluding hydrogens is 358 g/mol. The SMILES string of the molecule is CNS(=O)(=O)c1ccc(CCC(=O)Nc2ccc3sncc3c2)cc1. The second kappa shape index (κ2) is 7.30. The van der Waals surface area contributed by atoms with Crippen molar-refractivity contribution in [2.45, 2.75) is 17.7 Å². The lowest BCUT2D eigenvalue weighted by Crippen LogP contribution is -2.18. The number of hydrogen-bond donors (Lipinski definition) is 2. The summed E-state index contributed by atoms with van der Waals surface area (Å²) in [6.45, 7) is 0. The van der Waals surface area contributed by atoms with Crippen LogP contribution in [0.15, 0.2) is 53.6 Å². The number of hydrogen-bond acceptors (Lipinski definition) is 5. The molecular formula is C17H17N3O3S2. The smallest absolute Gasteiger partial charge is 0.240 e. The number of aromatic nitrogens is 1. The number of benzene rings is 2. The maximum atomic E-state index is 12.1. The molecule has 0 bridgehead atoms. The molecule has 1 amide bonds. The fourth-order valence-corrected chi connectivity index (χ4v) is 3.74. The third-order valence-corrected chi connectivity index (χ3v) is 5.99. The first-order chi connectivity index (χ1) is 12.0. The normalized spacial score (nSPS) is 11.6. The number of fused-ring (bicyclic) bond motifs is 1. The number of sulfonamides is 1. The molecule has 0 spiro atoms. The number of rotatable bonds is 6. The van der Waals surface area contributed by atoms with Gasteiger partial charge in [0.2, 0.25) is 15.9 Å². The van der Waals surface area contributed by atoms with Crippen LogP contribution in [0.25, 0.3) is 10.1 Å². The van der Waals surface area contributed by atoms with Gasteiger partial charge in [0.15, 0.2) is 0 Å². The van der Waals surface area contributed by atoms with E-state index >= 15 is 0 Å². The number of aryl methyl sites for hydroxylation is 1. The topological polar surface area (TPSA) is 88.2 Å². The van der Waals surface area contributed by atoms with Crippen LogP contribution in [-0.2, 0) is 21.2 Å². The summed E-state index contributed by atoms with van der Waals surface area (Å²) in [6, 6.07) is 12.2. The average molecular weight is 375 g/mol. The predicted octanol–water partition coefficient (Wildman–Crippen LogP) is 2.78. The summed E-state index contributed by atoms with van der Waals surface area (Å²) in [4.78, 5) is 12.3. The molecule has 1 heterocycles. The zero-order valence-corrected chi connectivity index (χ0v) is 15.2. The largest absolute Gasteiger partial charge is 0.326 e. The van der Waals surface area contributed by atoms with E-state index in [9.17, 15) is 13.2 Å². The highest BCUT2D eigenvalue weighted by Gasteiger charge is 2.11. The Balaban J connectivity index is 1.58. The Morgan fingerprint density at radius 1 is 1.16 bits per heavy atom. The summed E-state index contributed by atoms with van der Waals surface area (Å²) in [7, 11) is -2.06.